The van der Waals surface area contributed by atoms with Crippen molar-refractivity contribution in [2.75, 3.05) is 24.2 Å². The first-order valence-corrected chi connectivity index (χ1v) is 11.1. The van der Waals surface area contributed by atoms with Crippen LogP contribution in [0.1, 0.15) is 19.3 Å². The number of carboxylic acids is 1. The predicted octanol–water partition coefficient (Wildman–Crippen LogP) is 3.09. The van der Waals surface area contributed by atoms with Crippen molar-refractivity contribution < 1.29 is 28.3 Å². The summed E-state index contributed by atoms with van der Waals surface area (Å²) in [7, 11) is 1.48. The van der Waals surface area contributed by atoms with Crippen LogP contribution in [-0.4, -0.2) is 42.1 Å². The van der Waals surface area contributed by atoms with Crippen LogP contribution in [0, 0.1) is 11.6 Å². The summed E-state index contributed by atoms with van der Waals surface area (Å²) in [5.74, 6) is -3.12. The van der Waals surface area contributed by atoms with Gasteiger partial charge in [-0.05, 0) is 67.4 Å². The molecule has 9 nitrogen and oxygen atoms in total. The van der Waals surface area contributed by atoms with E-state index in [1.54, 1.807) is 0 Å². The minimum Gasteiger partial charge on any atom is -0.478 e. The highest BCUT2D eigenvalue weighted by Crippen LogP contribution is 2.40. The molecule has 0 saturated heterocycles. The summed E-state index contributed by atoms with van der Waals surface area (Å²) in [5.41, 5.74) is 5.38. The molecule has 1 atom stereocenters. The van der Waals surface area contributed by atoms with Crippen LogP contribution in [0.2, 0.25) is 0 Å². The SMILES string of the molecule is CNC(=O)NCCCC1(Nc2ccc(F)cc2)CC(C(=O)O)=C(C(N)=O)C=C1Nc1ccc(F)cc1. The molecule has 3 rings (SSSR count). The second-order valence-corrected chi connectivity index (χ2v) is 8.25. The number of halogens is 2. The highest BCUT2D eigenvalue weighted by molar-refractivity contribution is 6.04. The van der Waals surface area contributed by atoms with Crippen LogP contribution in [0.4, 0.5) is 25.0 Å². The standard InChI is InChI=1S/C25H27F2N5O4/c1-29-24(36)30-12-2-11-25(32-18-9-5-16(27)6-10-18)14-20(23(34)35)19(22(28)33)13-21(25)31-17-7-3-15(26)4-8-17/h3-10,13,31-32H,2,11-12,14H2,1H3,(H2,28,33)(H,34,35)(H2,29,30,36). The van der Waals surface area contributed by atoms with E-state index in [0.717, 1.165) is 0 Å². The van der Waals surface area contributed by atoms with Gasteiger partial charge in [-0.25, -0.2) is 18.4 Å². The number of nitrogens with one attached hydrogen (secondary N) is 4. The number of amides is 3. The quantitative estimate of drug-likeness (QED) is 0.277. The van der Waals surface area contributed by atoms with Gasteiger partial charge in [-0.2, -0.15) is 0 Å². The lowest BCUT2D eigenvalue weighted by atomic mass is 9.76. The molecule has 3 amide bonds. The van der Waals surface area contributed by atoms with Gasteiger partial charge < -0.3 is 32.1 Å². The lowest BCUT2D eigenvalue weighted by molar-refractivity contribution is -0.133. The molecule has 190 valence electrons. The summed E-state index contributed by atoms with van der Waals surface area (Å²) in [6.45, 7) is 0.269. The van der Waals surface area contributed by atoms with E-state index >= 15 is 0 Å². The molecule has 2 aromatic rings. The molecule has 0 radical (unpaired) electrons. The molecule has 7 N–H and O–H groups in total. The van der Waals surface area contributed by atoms with Crippen LogP contribution in [0.15, 0.2) is 71.5 Å². The molecule has 0 heterocycles. The molecule has 1 aliphatic carbocycles. The number of hydrogen-bond donors (Lipinski definition) is 6. The Labute approximate surface area is 206 Å². The third-order valence-corrected chi connectivity index (χ3v) is 5.78. The first kappa shape index (κ1) is 26.2. The van der Waals surface area contributed by atoms with Gasteiger partial charge in [0, 0.05) is 37.1 Å². The lowest BCUT2D eigenvalue weighted by Gasteiger charge is -2.41. The van der Waals surface area contributed by atoms with E-state index in [1.165, 1.54) is 61.7 Å². The number of anilines is 2. The maximum absolute atomic E-state index is 13.6. The normalized spacial score (nSPS) is 17.1. The molecule has 1 aliphatic rings. The van der Waals surface area contributed by atoms with Crippen molar-refractivity contribution in [2.45, 2.75) is 24.8 Å². The number of nitrogens with two attached hydrogens (primary N) is 1. The molecule has 0 spiro atoms. The maximum Gasteiger partial charge on any atom is 0.332 e. The Bertz CT molecular complexity index is 1200. The number of hydrogen-bond acceptors (Lipinski definition) is 5. The zero-order chi connectivity index (χ0) is 26.3. The summed E-state index contributed by atoms with van der Waals surface area (Å²) >= 11 is 0. The third kappa shape index (κ3) is 6.38. The lowest BCUT2D eigenvalue weighted by Crippen LogP contribution is -2.47. The van der Waals surface area contributed by atoms with Crippen LogP contribution in [0.5, 0.6) is 0 Å². The molecule has 0 fully saturated rings. The van der Waals surface area contributed by atoms with E-state index in [9.17, 15) is 28.3 Å². The van der Waals surface area contributed by atoms with Gasteiger partial charge in [-0.15, -0.1) is 0 Å². The van der Waals surface area contributed by atoms with E-state index < -0.39 is 29.0 Å². The fourth-order valence-corrected chi connectivity index (χ4v) is 4.00. The summed E-state index contributed by atoms with van der Waals surface area (Å²) < 4.78 is 27.0. The number of carbonyl (C=O) groups is 3. The number of primary amides is 1. The second-order valence-electron chi connectivity index (χ2n) is 8.25. The van der Waals surface area contributed by atoms with Crippen molar-refractivity contribution in [1.29, 1.82) is 0 Å². The van der Waals surface area contributed by atoms with Gasteiger partial charge in [0.2, 0.25) is 5.91 Å². The minimum atomic E-state index is -1.31. The van der Waals surface area contributed by atoms with Crippen molar-refractivity contribution in [1.82, 2.24) is 10.6 Å². The van der Waals surface area contributed by atoms with Gasteiger partial charge in [-0.1, -0.05) is 0 Å². The van der Waals surface area contributed by atoms with Crippen molar-refractivity contribution in [2.24, 2.45) is 5.73 Å². The van der Waals surface area contributed by atoms with E-state index in [2.05, 4.69) is 21.3 Å². The molecule has 0 saturated carbocycles. The summed E-state index contributed by atoms with van der Waals surface area (Å²) in [6.07, 6.45) is 1.90. The smallest absolute Gasteiger partial charge is 0.332 e. The Hall–Kier alpha value is -4.41. The predicted molar refractivity (Wildman–Crippen MR) is 131 cm³/mol. The zero-order valence-corrected chi connectivity index (χ0v) is 19.5. The molecule has 0 bridgehead atoms. The van der Waals surface area contributed by atoms with Gasteiger partial charge >= 0.3 is 12.0 Å². The Morgan fingerprint density at radius 2 is 1.58 bits per heavy atom. The first-order valence-electron chi connectivity index (χ1n) is 11.1. The molecule has 0 aromatic heterocycles. The fraction of sp³-hybridized carbons (Fsp3) is 0.240. The second kappa shape index (κ2) is 11.3. The van der Waals surface area contributed by atoms with E-state index in [4.69, 9.17) is 5.73 Å². The highest BCUT2D eigenvalue weighted by atomic mass is 19.1. The van der Waals surface area contributed by atoms with Gasteiger partial charge in [0.05, 0.1) is 16.7 Å². The Balaban J connectivity index is 2.08. The average molecular weight is 500 g/mol. The fourth-order valence-electron chi connectivity index (χ4n) is 4.00. The van der Waals surface area contributed by atoms with Crippen molar-refractivity contribution >= 4 is 29.3 Å². The van der Waals surface area contributed by atoms with Gasteiger partial charge in [0.25, 0.3) is 0 Å². The third-order valence-electron chi connectivity index (χ3n) is 5.78. The van der Waals surface area contributed by atoms with Gasteiger partial charge in [0.1, 0.15) is 11.6 Å². The van der Waals surface area contributed by atoms with Crippen LogP contribution in [0.25, 0.3) is 0 Å². The van der Waals surface area contributed by atoms with E-state index in [-0.39, 0.29) is 36.6 Å². The average Bonchev–Trinajstić information content (AvgIpc) is 2.85. The number of aliphatic carboxylic acids is 1. The van der Waals surface area contributed by atoms with E-state index in [0.29, 0.717) is 23.5 Å². The van der Waals surface area contributed by atoms with Gasteiger partial charge in [-0.3, -0.25) is 4.79 Å². The minimum absolute atomic E-state index is 0.155. The number of urea groups is 1. The Morgan fingerprint density at radius 1 is 1.00 bits per heavy atom. The number of benzene rings is 2. The monoisotopic (exact) mass is 499 g/mol. The zero-order valence-electron chi connectivity index (χ0n) is 19.5. The maximum atomic E-state index is 13.6. The van der Waals surface area contributed by atoms with Crippen LogP contribution >= 0.6 is 0 Å². The molecular weight excluding hydrogens is 472 g/mol. The van der Waals surface area contributed by atoms with E-state index in [1.807, 2.05) is 0 Å². The number of carboxylic acid groups (broad SMARTS) is 1. The van der Waals surface area contributed by atoms with Crippen molar-refractivity contribution in [3.8, 4) is 0 Å². The topological polar surface area (TPSA) is 146 Å². The van der Waals surface area contributed by atoms with Gasteiger partial charge in [0.15, 0.2) is 0 Å². The van der Waals surface area contributed by atoms with Crippen molar-refractivity contribution in [3.05, 3.63) is 83.1 Å². The Kier molecular flexibility index (Phi) is 8.26. The van der Waals surface area contributed by atoms with Crippen molar-refractivity contribution in [3.63, 3.8) is 0 Å². The largest absolute Gasteiger partial charge is 0.478 e. The highest BCUT2D eigenvalue weighted by Gasteiger charge is 2.41. The van der Waals surface area contributed by atoms with Crippen LogP contribution in [0.3, 0.4) is 0 Å². The number of carbonyl (C=O) groups excluding carboxylic acids is 2. The van der Waals surface area contributed by atoms with Crippen LogP contribution < -0.4 is 27.0 Å². The molecule has 0 aliphatic heterocycles. The summed E-state index contributed by atoms with van der Waals surface area (Å²) in [4.78, 5) is 35.9. The molecule has 11 heteroatoms. The number of rotatable bonds is 10. The summed E-state index contributed by atoms with van der Waals surface area (Å²) in [6, 6.07) is 10.6. The molecule has 36 heavy (non-hydrogen) atoms. The molecule has 2 aromatic carbocycles. The molecular formula is C25H27F2N5O4. The van der Waals surface area contributed by atoms with Crippen LogP contribution in [-0.2, 0) is 9.59 Å². The molecule has 1 unspecified atom stereocenters. The summed E-state index contributed by atoms with van der Waals surface area (Å²) in [5, 5.41) is 21.5. The Morgan fingerprint density at radius 3 is 2.11 bits per heavy atom. The first-order chi connectivity index (χ1) is 17.1.